The second-order valence-corrected chi connectivity index (χ2v) is 8.20. The summed E-state index contributed by atoms with van der Waals surface area (Å²) in [4.78, 5) is 0. The Hall–Kier alpha value is -0.743. The smallest absolute Gasteiger partial charge is 0.190 e. The fraction of sp³-hybridized carbons (Fsp3) is 0.400. The van der Waals surface area contributed by atoms with Crippen molar-refractivity contribution < 1.29 is 13.2 Å². The van der Waals surface area contributed by atoms with Gasteiger partial charge >= 0.3 is 0 Å². The summed E-state index contributed by atoms with van der Waals surface area (Å²) in [5.74, 6) is -1.05. The molecule has 0 aliphatic carbocycles. The first-order chi connectivity index (χ1) is 6.43. The monoisotopic (exact) mass is 216 g/mol. The number of hydrogen-bond donors (Lipinski definition) is 0. The predicted octanol–water partition coefficient (Wildman–Crippen LogP) is 2.90. The van der Waals surface area contributed by atoms with E-state index in [-0.39, 0.29) is 0 Å². The molecule has 0 N–H and O–H groups in total. The Labute approximate surface area is 83.8 Å². The average molecular weight is 216 g/mol. The van der Waals surface area contributed by atoms with E-state index in [1.54, 1.807) is 7.11 Å². The van der Waals surface area contributed by atoms with E-state index >= 15 is 0 Å². The summed E-state index contributed by atoms with van der Waals surface area (Å²) >= 11 is 0. The van der Waals surface area contributed by atoms with Gasteiger partial charge in [0.2, 0.25) is 0 Å². The molecule has 0 heterocycles. The normalized spacial score (nSPS) is 11.8. The third-order valence-electron chi connectivity index (χ3n) is 2.10. The van der Waals surface area contributed by atoms with Crippen LogP contribution in [0.4, 0.5) is 8.78 Å². The van der Waals surface area contributed by atoms with Crippen LogP contribution in [0.5, 0.6) is 0 Å². The minimum absolute atomic E-state index is 0.527. The first-order valence-electron chi connectivity index (χ1n) is 4.43. The van der Waals surface area contributed by atoms with E-state index in [4.69, 9.17) is 4.43 Å². The third-order valence-corrected chi connectivity index (χ3v) is 4.47. The van der Waals surface area contributed by atoms with Crippen molar-refractivity contribution in [1.29, 1.82) is 0 Å². The van der Waals surface area contributed by atoms with Crippen molar-refractivity contribution >= 4 is 8.32 Å². The van der Waals surface area contributed by atoms with Crippen LogP contribution in [0, 0.1) is 11.6 Å². The van der Waals surface area contributed by atoms with Gasteiger partial charge in [0.15, 0.2) is 8.32 Å². The molecule has 0 amide bonds. The van der Waals surface area contributed by atoms with E-state index in [2.05, 4.69) is 0 Å². The Morgan fingerprint density at radius 3 is 2.07 bits per heavy atom. The van der Waals surface area contributed by atoms with E-state index in [0.717, 1.165) is 6.07 Å². The van der Waals surface area contributed by atoms with Crippen molar-refractivity contribution in [1.82, 2.24) is 0 Å². The average Bonchev–Trinajstić information content (AvgIpc) is 2.01. The van der Waals surface area contributed by atoms with Crippen LogP contribution in [0.15, 0.2) is 18.2 Å². The molecule has 0 unspecified atom stereocenters. The maximum atomic E-state index is 12.8. The molecule has 1 aromatic carbocycles. The van der Waals surface area contributed by atoms with Crippen molar-refractivity contribution in [3.63, 3.8) is 0 Å². The molecule has 0 radical (unpaired) electrons. The van der Waals surface area contributed by atoms with E-state index in [1.807, 2.05) is 13.1 Å². The number of halogens is 2. The van der Waals surface area contributed by atoms with Gasteiger partial charge in [0.05, 0.1) is 0 Å². The van der Waals surface area contributed by atoms with Crippen LogP contribution in [-0.2, 0) is 10.5 Å². The Morgan fingerprint density at radius 1 is 1.14 bits per heavy atom. The van der Waals surface area contributed by atoms with E-state index in [1.165, 1.54) is 12.1 Å². The minimum Gasteiger partial charge on any atom is -0.420 e. The zero-order valence-corrected chi connectivity index (χ0v) is 9.60. The van der Waals surface area contributed by atoms with Crippen molar-refractivity contribution in [3.05, 3.63) is 35.4 Å². The Morgan fingerprint density at radius 2 is 1.64 bits per heavy atom. The predicted molar refractivity (Wildman–Crippen MR) is 54.6 cm³/mol. The van der Waals surface area contributed by atoms with Gasteiger partial charge in [-0.15, -0.1) is 0 Å². The molecule has 0 aliphatic heterocycles. The lowest BCUT2D eigenvalue weighted by Gasteiger charge is -2.19. The van der Waals surface area contributed by atoms with Gasteiger partial charge in [-0.05, 0) is 36.8 Å². The lowest BCUT2D eigenvalue weighted by atomic mass is 10.2. The van der Waals surface area contributed by atoms with Crippen LogP contribution in [0.1, 0.15) is 5.56 Å². The lowest BCUT2D eigenvalue weighted by Crippen LogP contribution is -2.32. The zero-order valence-electron chi connectivity index (χ0n) is 8.60. The molecule has 14 heavy (non-hydrogen) atoms. The summed E-state index contributed by atoms with van der Waals surface area (Å²) in [6.07, 6.45) is 0. The van der Waals surface area contributed by atoms with Gasteiger partial charge in [-0.1, -0.05) is 0 Å². The Kier molecular flexibility index (Phi) is 3.39. The molecular formula is C10H14F2OSi. The highest BCUT2D eigenvalue weighted by molar-refractivity contribution is 6.70. The summed E-state index contributed by atoms with van der Waals surface area (Å²) in [5.41, 5.74) is 0.668. The van der Waals surface area contributed by atoms with Gasteiger partial charge in [-0.3, -0.25) is 0 Å². The molecule has 1 nitrogen and oxygen atoms in total. The second-order valence-electron chi connectivity index (χ2n) is 3.92. The molecule has 0 spiro atoms. The molecule has 0 fully saturated rings. The van der Waals surface area contributed by atoms with E-state index in [9.17, 15) is 8.78 Å². The highest BCUT2D eigenvalue weighted by Gasteiger charge is 2.21. The molecule has 0 atom stereocenters. The summed E-state index contributed by atoms with van der Waals surface area (Å²) in [5, 5.41) is 0. The molecule has 78 valence electrons. The lowest BCUT2D eigenvalue weighted by molar-refractivity contribution is 0.403. The van der Waals surface area contributed by atoms with Crippen molar-refractivity contribution in [2.45, 2.75) is 19.1 Å². The standard InChI is InChI=1S/C10H14F2OSi/c1-13-14(2,3)7-8-4-9(11)6-10(12)5-8/h4-6H,7H2,1-3H3. The highest BCUT2D eigenvalue weighted by atomic mass is 28.4. The molecule has 0 bridgehead atoms. The largest absolute Gasteiger partial charge is 0.420 e. The Bertz CT molecular complexity index is 306. The summed E-state index contributed by atoms with van der Waals surface area (Å²) in [7, 11) is -0.157. The summed E-state index contributed by atoms with van der Waals surface area (Å²) in [6.45, 7) is 4.02. The molecule has 0 aliphatic rings. The first kappa shape index (κ1) is 11.3. The molecule has 0 saturated carbocycles. The van der Waals surface area contributed by atoms with Crippen LogP contribution in [0.3, 0.4) is 0 Å². The second kappa shape index (κ2) is 4.19. The fourth-order valence-corrected chi connectivity index (χ4v) is 2.61. The minimum atomic E-state index is -1.80. The van der Waals surface area contributed by atoms with Gasteiger partial charge in [-0.25, -0.2) is 8.78 Å². The van der Waals surface area contributed by atoms with Crippen LogP contribution in [-0.4, -0.2) is 15.4 Å². The topological polar surface area (TPSA) is 9.23 Å². The zero-order chi connectivity index (χ0) is 10.8. The maximum absolute atomic E-state index is 12.8. The number of rotatable bonds is 3. The van der Waals surface area contributed by atoms with Gasteiger partial charge in [0.1, 0.15) is 11.6 Å². The van der Waals surface area contributed by atoms with Gasteiger partial charge in [0, 0.05) is 13.2 Å². The fourth-order valence-electron chi connectivity index (χ4n) is 1.28. The van der Waals surface area contributed by atoms with Gasteiger partial charge in [-0.2, -0.15) is 0 Å². The maximum Gasteiger partial charge on any atom is 0.190 e. The molecule has 0 saturated heterocycles. The van der Waals surface area contributed by atoms with Crippen LogP contribution in [0.2, 0.25) is 13.1 Å². The van der Waals surface area contributed by atoms with Crippen molar-refractivity contribution in [3.8, 4) is 0 Å². The van der Waals surface area contributed by atoms with Gasteiger partial charge in [0.25, 0.3) is 0 Å². The quantitative estimate of drug-likeness (QED) is 0.706. The van der Waals surface area contributed by atoms with Crippen molar-refractivity contribution in [2.75, 3.05) is 7.11 Å². The number of benzene rings is 1. The molecular weight excluding hydrogens is 202 g/mol. The van der Waals surface area contributed by atoms with E-state index < -0.39 is 20.0 Å². The Balaban J connectivity index is 2.87. The van der Waals surface area contributed by atoms with Crippen LogP contribution >= 0.6 is 0 Å². The first-order valence-corrected chi connectivity index (χ1v) is 7.54. The summed E-state index contributed by atoms with van der Waals surface area (Å²) < 4.78 is 31.0. The van der Waals surface area contributed by atoms with Gasteiger partial charge < -0.3 is 4.43 Å². The highest BCUT2D eigenvalue weighted by Crippen LogP contribution is 2.15. The SMILES string of the molecule is CO[Si](C)(C)Cc1cc(F)cc(F)c1. The molecule has 1 aromatic rings. The van der Waals surface area contributed by atoms with Crippen molar-refractivity contribution in [2.24, 2.45) is 0 Å². The molecule has 0 aromatic heterocycles. The third kappa shape index (κ3) is 3.19. The number of hydrogen-bond acceptors (Lipinski definition) is 1. The molecule has 4 heteroatoms. The molecule has 1 rings (SSSR count). The van der Waals surface area contributed by atoms with Crippen LogP contribution < -0.4 is 0 Å². The van der Waals surface area contributed by atoms with E-state index in [0.29, 0.717) is 11.6 Å². The summed E-state index contributed by atoms with van der Waals surface area (Å²) in [6, 6.07) is 4.22. The van der Waals surface area contributed by atoms with Crippen LogP contribution in [0.25, 0.3) is 0 Å².